The molecule has 4 aromatic rings. The van der Waals surface area contributed by atoms with Gasteiger partial charge in [-0.1, -0.05) is 36.4 Å². The van der Waals surface area contributed by atoms with Crippen LogP contribution in [0.3, 0.4) is 0 Å². The van der Waals surface area contributed by atoms with Gasteiger partial charge in [-0.3, -0.25) is 14.4 Å². The third kappa shape index (κ3) is 4.02. The first-order chi connectivity index (χ1) is 14.9. The lowest BCUT2D eigenvalue weighted by Crippen LogP contribution is -2.31. The normalized spacial score (nSPS) is 11.4. The van der Waals surface area contributed by atoms with Gasteiger partial charge in [-0.05, 0) is 55.8 Å². The maximum absolute atomic E-state index is 13.4. The Bertz CT molecular complexity index is 1310. The molecule has 0 aliphatic rings. The third-order valence-electron chi connectivity index (χ3n) is 4.97. The molecule has 0 fully saturated rings. The second-order valence-corrected chi connectivity index (χ2v) is 8.87. The summed E-state index contributed by atoms with van der Waals surface area (Å²) in [4.78, 5) is 20.3. The highest BCUT2D eigenvalue weighted by molar-refractivity contribution is 7.92. The van der Waals surface area contributed by atoms with Crippen molar-refractivity contribution >= 4 is 38.6 Å². The quantitative estimate of drug-likeness (QED) is 0.472. The molecule has 2 N–H and O–H groups in total. The number of anilines is 2. The fourth-order valence-electron chi connectivity index (χ4n) is 3.42. The lowest BCUT2D eigenvalue weighted by atomic mass is 10.1. The lowest BCUT2D eigenvalue weighted by molar-refractivity contribution is 0.102. The van der Waals surface area contributed by atoms with Crippen molar-refractivity contribution in [1.29, 1.82) is 0 Å². The molecule has 0 saturated heterocycles. The maximum Gasteiger partial charge on any atom is 0.264 e. The Balaban J connectivity index is 1.66. The molecule has 0 aliphatic heterocycles. The molecule has 0 spiro atoms. The van der Waals surface area contributed by atoms with E-state index in [2.05, 4.69) is 15.3 Å². The molecule has 7 nitrogen and oxygen atoms in total. The van der Waals surface area contributed by atoms with Crippen LogP contribution in [0.4, 0.5) is 11.6 Å². The highest BCUT2D eigenvalue weighted by Gasteiger charge is 2.26. The van der Waals surface area contributed by atoms with E-state index in [-0.39, 0.29) is 17.0 Å². The van der Waals surface area contributed by atoms with E-state index < -0.39 is 15.9 Å². The van der Waals surface area contributed by atoms with Gasteiger partial charge in [-0.2, -0.15) is 0 Å². The van der Waals surface area contributed by atoms with E-state index in [1.807, 2.05) is 30.3 Å². The van der Waals surface area contributed by atoms with Crippen molar-refractivity contribution in [3.8, 4) is 0 Å². The summed E-state index contributed by atoms with van der Waals surface area (Å²) in [5.41, 5.74) is 2.89. The van der Waals surface area contributed by atoms with Crippen molar-refractivity contribution in [2.45, 2.75) is 18.7 Å². The molecule has 1 amide bonds. The Hall–Kier alpha value is -3.65. The number of aromatic nitrogens is 2. The van der Waals surface area contributed by atoms with Gasteiger partial charge in [0.05, 0.1) is 21.6 Å². The van der Waals surface area contributed by atoms with Crippen LogP contribution in [0.25, 0.3) is 11.0 Å². The number of nitrogens with zero attached hydrogens (tertiary/aromatic N) is 2. The first-order valence-electron chi connectivity index (χ1n) is 9.84. The largest absolute Gasteiger partial charge is 0.324 e. The number of carbonyl (C=O) groups is 1. The first kappa shape index (κ1) is 20.6. The Morgan fingerprint density at radius 2 is 1.74 bits per heavy atom. The molecule has 0 bridgehead atoms. The summed E-state index contributed by atoms with van der Waals surface area (Å²) in [6.07, 6.45) is 0. The van der Waals surface area contributed by atoms with E-state index in [9.17, 15) is 13.2 Å². The van der Waals surface area contributed by atoms with Gasteiger partial charge in [-0.15, -0.1) is 0 Å². The Morgan fingerprint density at radius 3 is 2.45 bits per heavy atom. The number of sulfonamides is 1. The number of aryl methyl sites for hydroxylation is 1. The standard InChI is InChI=1S/C23H22N4O3S/c1-3-27(18-9-5-4-6-10-18)31(29,30)21-15-17(14-13-16(21)2)22(28)26-23-24-19-11-7-8-12-20(19)25-23/h4-15H,3H2,1-2H3,(H2,24,25,26,28). The van der Waals surface area contributed by atoms with Crippen molar-refractivity contribution in [1.82, 2.24) is 9.97 Å². The van der Waals surface area contributed by atoms with Crippen molar-refractivity contribution in [3.05, 3.63) is 83.9 Å². The molecule has 158 valence electrons. The number of hydrogen-bond acceptors (Lipinski definition) is 4. The number of benzene rings is 3. The highest BCUT2D eigenvalue weighted by Crippen LogP contribution is 2.26. The molecule has 31 heavy (non-hydrogen) atoms. The van der Waals surface area contributed by atoms with E-state index in [0.29, 0.717) is 17.2 Å². The van der Waals surface area contributed by atoms with E-state index in [1.54, 1.807) is 50.2 Å². The van der Waals surface area contributed by atoms with E-state index >= 15 is 0 Å². The number of H-pyrrole nitrogens is 1. The van der Waals surface area contributed by atoms with Crippen molar-refractivity contribution < 1.29 is 13.2 Å². The van der Waals surface area contributed by atoms with Gasteiger partial charge in [0.1, 0.15) is 0 Å². The summed E-state index contributed by atoms with van der Waals surface area (Å²) in [6.45, 7) is 3.76. The zero-order chi connectivity index (χ0) is 22.0. The zero-order valence-corrected chi connectivity index (χ0v) is 18.0. The predicted molar refractivity (Wildman–Crippen MR) is 122 cm³/mol. The number of hydrogen-bond donors (Lipinski definition) is 2. The number of nitrogens with one attached hydrogen (secondary N) is 2. The molecular weight excluding hydrogens is 412 g/mol. The summed E-state index contributed by atoms with van der Waals surface area (Å²) >= 11 is 0. The number of amides is 1. The number of aromatic amines is 1. The summed E-state index contributed by atoms with van der Waals surface area (Å²) in [7, 11) is -3.85. The molecular formula is C23H22N4O3S. The second-order valence-electron chi connectivity index (χ2n) is 7.04. The van der Waals surface area contributed by atoms with Gasteiger partial charge in [0.15, 0.2) is 0 Å². The molecule has 3 aromatic carbocycles. The predicted octanol–water partition coefficient (Wildman–Crippen LogP) is 4.34. The average Bonchev–Trinajstić information content (AvgIpc) is 3.17. The monoisotopic (exact) mass is 434 g/mol. The van der Waals surface area contributed by atoms with Crippen LogP contribution in [0, 0.1) is 6.92 Å². The number of imidazole rings is 1. The Kier molecular flexibility index (Phi) is 5.48. The van der Waals surface area contributed by atoms with Crippen LogP contribution in [0.2, 0.25) is 0 Å². The molecule has 1 heterocycles. The van der Waals surface area contributed by atoms with E-state index in [0.717, 1.165) is 11.0 Å². The van der Waals surface area contributed by atoms with Crippen molar-refractivity contribution in [2.24, 2.45) is 0 Å². The van der Waals surface area contributed by atoms with Crippen LogP contribution in [-0.4, -0.2) is 30.8 Å². The van der Waals surface area contributed by atoms with Gasteiger partial charge in [0.2, 0.25) is 5.95 Å². The van der Waals surface area contributed by atoms with Crippen LogP contribution < -0.4 is 9.62 Å². The molecule has 0 atom stereocenters. The van der Waals surface area contributed by atoms with Gasteiger partial charge >= 0.3 is 0 Å². The number of rotatable bonds is 6. The molecule has 8 heteroatoms. The fraction of sp³-hybridized carbons (Fsp3) is 0.130. The third-order valence-corrected chi connectivity index (χ3v) is 7.02. The van der Waals surface area contributed by atoms with Crippen molar-refractivity contribution in [3.63, 3.8) is 0 Å². The van der Waals surface area contributed by atoms with Crippen LogP contribution in [0.1, 0.15) is 22.8 Å². The first-order valence-corrected chi connectivity index (χ1v) is 11.3. The number of carbonyl (C=O) groups excluding carboxylic acids is 1. The molecule has 4 rings (SSSR count). The van der Waals surface area contributed by atoms with Gasteiger partial charge in [0.25, 0.3) is 15.9 Å². The SMILES string of the molecule is CCN(c1ccccc1)S(=O)(=O)c1cc(C(=O)Nc2nc3ccccc3[nH]2)ccc1C. The van der Waals surface area contributed by atoms with Gasteiger partial charge in [-0.25, -0.2) is 13.4 Å². The highest BCUT2D eigenvalue weighted by atomic mass is 32.2. The maximum atomic E-state index is 13.4. The summed E-state index contributed by atoms with van der Waals surface area (Å²) < 4.78 is 28.2. The van der Waals surface area contributed by atoms with Crippen molar-refractivity contribution in [2.75, 3.05) is 16.2 Å². The molecule has 1 aromatic heterocycles. The van der Waals surface area contributed by atoms with Gasteiger partial charge < -0.3 is 4.98 Å². The Morgan fingerprint density at radius 1 is 1.03 bits per heavy atom. The fourth-order valence-corrected chi connectivity index (χ4v) is 5.14. The number of fused-ring (bicyclic) bond motifs is 1. The number of para-hydroxylation sites is 3. The van der Waals surface area contributed by atoms with E-state index in [4.69, 9.17) is 0 Å². The minimum atomic E-state index is -3.85. The topological polar surface area (TPSA) is 95.2 Å². The minimum Gasteiger partial charge on any atom is -0.324 e. The van der Waals surface area contributed by atoms with Crippen LogP contribution in [0.5, 0.6) is 0 Å². The lowest BCUT2D eigenvalue weighted by Gasteiger charge is -2.24. The minimum absolute atomic E-state index is 0.0930. The molecule has 0 aliphatic carbocycles. The molecule has 0 unspecified atom stereocenters. The Labute approximate surface area is 180 Å². The average molecular weight is 435 g/mol. The molecule has 0 radical (unpaired) electrons. The smallest absolute Gasteiger partial charge is 0.264 e. The summed E-state index contributed by atoms with van der Waals surface area (Å²) in [6, 6.07) is 21.0. The van der Waals surface area contributed by atoms with E-state index in [1.165, 1.54) is 10.4 Å². The molecule has 0 saturated carbocycles. The zero-order valence-electron chi connectivity index (χ0n) is 17.2. The van der Waals surface area contributed by atoms with Gasteiger partial charge in [0, 0.05) is 12.1 Å². The summed E-state index contributed by atoms with van der Waals surface area (Å²) in [5, 5.41) is 2.71. The second kappa shape index (κ2) is 8.23. The van der Waals surface area contributed by atoms with Crippen LogP contribution in [-0.2, 0) is 10.0 Å². The van der Waals surface area contributed by atoms with Crippen LogP contribution in [0.15, 0.2) is 77.7 Å². The summed E-state index contributed by atoms with van der Waals surface area (Å²) in [5.74, 6) is -0.145. The van der Waals surface area contributed by atoms with Crippen LogP contribution >= 0.6 is 0 Å².